The number of nitrogens with zero attached hydrogens (tertiary/aromatic N) is 1. The number of esters is 2. The first-order chi connectivity index (χ1) is 25.0. The van der Waals surface area contributed by atoms with Crippen molar-refractivity contribution in [3.63, 3.8) is 0 Å². The molecule has 0 saturated carbocycles. The number of likely N-dealkylation sites (N-methyl/N-ethyl adjacent to an activating group) is 1. The van der Waals surface area contributed by atoms with Gasteiger partial charge in [-0.15, -0.1) is 0 Å². The van der Waals surface area contributed by atoms with Crippen molar-refractivity contribution in [2.24, 2.45) is 0 Å². The first-order valence-electron chi connectivity index (χ1n) is 21.0. The van der Waals surface area contributed by atoms with Crippen LogP contribution in [0.2, 0.25) is 0 Å². The molecule has 0 aromatic heterocycles. The van der Waals surface area contributed by atoms with E-state index in [0.29, 0.717) is 30.7 Å². The number of unbranched alkanes of at least 4 members (excludes halogenated alkanes) is 24. The lowest BCUT2D eigenvalue weighted by molar-refractivity contribution is -0.870. The summed E-state index contributed by atoms with van der Waals surface area (Å²) in [5.74, 6) is -0.865. The van der Waals surface area contributed by atoms with Gasteiger partial charge in [0.25, 0.3) is 7.82 Å². The van der Waals surface area contributed by atoms with E-state index in [1.165, 1.54) is 89.9 Å². The van der Waals surface area contributed by atoms with Crippen molar-refractivity contribution in [3.05, 3.63) is 0 Å². The average molecular weight is 766 g/mol. The molecule has 0 heterocycles. The van der Waals surface area contributed by atoms with Crippen molar-refractivity contribution in [3.8, 4) is 0 Å². The standard InChI is InChI=1S/C40H80NO10P/c1-41(2,3)32-35-49-52(46,47)50-37-38(51-40(45)31-27-23-19-15-11-7-5-9-13-17-21-25-29-34-43)36-48-39(44)30-26-22-18-14-10-6-4-8-12-16-20-24-28-33-42/h38,42-43H,4-37H2,1-3H3. The molecule has 0 aliphatic rings. The number of carbonyl (C=O) groups is 2. The van der Waals surface area contributed by atoms with E-state index in [0.717, 1.165) is 70.6 Å². The molecule has 12 heteroatoms. The number of hydrogen-bond acceptors (Lipinski definition) is 10. The van der Waals surface area contributed by atoms with Gasteiger partial charge in [0.15, 0.2) is 6.10 Å². The molecule has 0 aliphatic heterocycles. The van der Waals surface area contributed by atoms with Gasteiger partial charge in [-0.1, -0.05) is 141 Å². The third kappa shape index (κ3) is 38.6. The summed E-state index contributed by atoms with van der Waals surface area (Å²) in [5.41, 5.74) is 0. The van der Waals surface area contributed by atoms with Gasteiger partial charge in [0.05, 0.1) is 27.7 Å². The van der Waals surface area contributed by atoms with Crippen LogP contribution in [0.5, 0.6) is 0 Å². The highest BCUT2D eigenvalue weighted by Crippen LogP contribution is 2.38. The molecular formula is C40H80NO10P. The Kier molecular flexibility index (Phi) is 34.9. The number of carbonyl (C=O) groups excluding carboxylic acids is 2. The van der Waals surface area contributed by atoms with Crippen molar-refractivity contribution in [2.75, 3.05) is 60.7 Å². The van der Waals surface area contributed by atoms with Crippen molar-refractivity contribution in [1.82, 2.24) is 0 Å². The molecule has 0 saturated heterocycles. The summed E-state index contributed by atoms with van der Waals surface area (Å²) < 4.78 is 33.8. The fourth-order valence-corrected chi connectivity index (χ4v) is 6.64. The van der Waals surface area contributed by atoms with E-state index in [-0.39, 0.29) is 26.1 Å². The summed E-state index contributed by atoms with van der Waals surface area (Å²) in [5, 5.41) is 17.7. The van der Waals surface area contributed by atoms with Crippen LogP contribution in [0, 0.1) is 0 Å². The monoisotopic (exact) mass is 766 g/mol. The van der Waals surface area contributed by atoms with E-state index in [2.05, 4.69) is 0 Å². The van der Waals surface area contributed by atoms with Crippen LogP contribution in [-0.2, 0) is 32.7 Å². The maximum atomic E-state index is 12.6. The van der Waals surface area contributed by atoms with Crippen molar-refractivity contribution < 1.29 is 52.3 Å². The molecule has 2 atom stereocenters. The second kappa shape index (κ2) is 35.6. The molecular weight excluding hydrogens is 685 g/mol. The predicted molar refractivity (Wildman–Crippen MR) is 207 cm³/mol. The lowest BCUT2D eigenvalue weighted by Crippen LogP contribution is -2.37. The minimum absolute atomic E-state index is 0.0391. The summed E-state index contributed by atoms with van der Waals surface area (Å²) >= 11 is 0. The Balaban J connectivity index is 4.33. The molecule has 2 N–H and O–H groups in total. The topological polar surface area (TPSA) is 152 Å². The minimum Gasteiger partial charge on any atom is -0.756 e. The molecule has 0 radical (unpaired) electrons. The number of hydrogen-bond donors (Lipinski definition) is 2. The van der Waals surface area contributed by atoms with Crippen molar-refractivity contribution in [2.45, 2.75) is 186 Å². The zero-order valence-electron chi connectivity index (χ0n) is 33.7. The molecule has 2 unspecified atom stereocenters. The molecule has 0 aliphatic carbocycles. The number of quaternary nitrogens is 1. The van der Waals surface area contributed by atoms with Crippen LogP contribution >= 0.6 is 7.82 Å². The number of phosphoric acid groups is 1. The Morgan fingerprint density at radius 2 is 0.885 bits per heavy atom. The predicted octanol–water partition coefficient (Wildman–Crippen LogP) is 8.56. The highest BCUT2D eigenvalue weighted by molar-refractivity contribution is 7.45. The Bertz CT molecular complexity index is 870. The van der Waals surface area contributed by atoms with Gasteiger partial charge in [0, 0.05) is 26.1 Å². The van der Waals surface area contributed by atoms with Gasteiger partial charge in [-0.2, -0.15) is 0 Å². The van der Waals surface area contributed by atoms with Crippen LogP contribution < -0.4 is 4.89 Å². The number of ether oxygens (including phenoxy) is 2. The SMILES string of the molecule is C[N+](C)(C)CCOP(=O)([O-])OCC(COC(=O)CCCCCCCCCCCCCCCO)OC(=O)CCCCCCCCCCCCCCCO. The smallest absolute Gasteiger partial charge is 0.306 e. The Morgan fingerprint density at radius 1 is 0.538 bits per heavy atom. The average Bonchev–Trinajstić information content (AvgIpc) is 3.09. The third-order valence-electron chi connectivity index (χ3n) is 9.24. The highest BCUT2D eigenvalue weighted by Gasteiger charge is 2.21. The van der Waals surface area contributed by atoms with E-state index >= 15 is 0 Å². The molecule has 52 heavy (non-hydrogen) atoms. The van der Waals surface area contributed by atoms with Gasteiger partial charge in [0.2, 0.25) is 0 Å². The van der Waals surface area contributed by atoms with Gasteiger partial charge >= 0.3 is 11.9 Å². The van der Waals surface area contributed by atoms with E-state index in [1.807, 2.05) is 21.1 Å². The van der Waals surface area contributed by atoms with Crippen LogP contribution in [0.4, 0.5) is 0 Å². The second-order valence-electron chi connectivity index (χ2n) is 15.5. The van der Waals surface area contributed by atoms with E-state index in [4.69, 9.17) is 28.7 Å². The Morgan fingerprint density at radius 3 is 1.25 bits per heavy atom. The first-order valence-corrected chi connectivity index (χ1v) is 22.4. The molecule has 0 bridgehead atoms. The summed E-state index contributed by atoms with van der Waals surface area (Å²) in [7, 11) is 1.13. The minimum atomic E-state index is -4.63. The lowest BCUT2D eigenvalue weighted by Gasteiger charge is -2.28. The summed E-state index contributed by atoms with van der Waals surface area (Å²) in [6.45, 7) is 0.274. The zero-order chi connectivity index (χ0) is 38.6. The number of aliphatic hydroxyl groups is 2. The quantitative estimate of drug-likeness (QED) is 0.0269. The van der Waals surface area contributed by atoms with Crippen LogP contribution in [-0.4, -0.2) is 93.5 Å². The van der Waals surface area contributed by atoms with Gasteiger partial charge in [-0.3, -0.25) is 14.2 Å². The van der Waals surface area contributed by atoms with E-state index in [1.54, 1.807) is 0 Å². The Labute approximate surface area is 318 Å². The number of aliphatic hydroxyl groups excluding tert-OH is 2. The van der Waals surface area contributed by atoms with Gasteiger partial charge in [-0.05, 0) is 25.7 Å². The fourth-order valence-electron chi connectivity index (χ4n) is 5.91. The van der Waals surface area contributed by atoms with Crippen LogP contribution in [0.1, 0.15) is 180 Å². The Hall–Kier alpha value is -1.07. The summed E-state index contributed by atoms with van der Waals surface area (Å²) in [6.07, 6.45) is 28.6. The van der Waals surface area contributed by atoms with E-state index in [9.17, 15) is 19.0 Å². The maximum absolute atomic E-state index is 12.6. The molecule has 0 aromatic carbocycles. The molecule has 0 amide bonds. The number of rotatable bonds is 40. The third-order valence-corrected chi connectivity index (χ3v) is 10.2. The molecule has 310 valence electrons. The molecule has 11 nitrogen and oxygen atoms in total. The second-order valence-corrected chi connectivity index (χ2v) is 16.9. The van der Waals surface area contributed by atoms with Gasteiger partial charge in [-0.25, -0.2) is 0 Å². The van der Waals surface area contributed by atoms with Gasteiger partial charge < -0.3 is 38.1 Å². The van der Waals surface area contributed by atoms with Crippen LogP contribution in [0.15, 0.2) is 0 Å². The molecule has 0 aromatic rings. The zero-order valence-corrected chi connectivity index (χ0v) is 34.6. The van der Waals surface area contributed by atoms with Crippen molar-refractivity contribution >= 4 is 19.8 Å². The van der Waals surface area contributed by atoms with Crippen LogP contribution in [0.25, 0.3) is 0 Å². The summed E-state index contributed by atoms with van der Waals surface area (Å²) in [4.78, 5) is 37.4. The summed E-state index contributed by atoms with van der Waals surface area (Å²) in [6, 6.07) is 0. The van der Waals surface area contributed by atoms with Gasteiger partial charge in [0.1, 0.15) is 19.8 Å². The molecule has 0 spiro atoms. The molecule has 0 fully saturated rings. The normalized spacial score (nSPS) is 13.6. The highest BCUT2D eigenvalue weighted by atomic mass is 31.2. The maximum Gasteiger partial charge on any atom is 0.306 e. The lowest BCUT2D eigenvalue weighted by atomic mass is 10.0. The van der Waals surface area contributed by atoms with Crippen LogP contribution in [0.3, 0.4) is 0 Å². The molecule has 0 rings (SSSR count). The largest absolute Gasteiger partial charge is 0.756 e. The van der Waals surface area contributed by atoms with Crippen molar-refractivity contribution in [1.29, 1.82) is 0 Å². The number of phosphoric ester groups is 1. The van der Waals surface area contributed by atoms with E-state index < -0.39 is 32.5 Å². The fraction of sp³-hybridized carbons (Fsp3) is 0.950. The first kappa shape index (κ1) is 50.9.